The third kappa shape index (κ3) is 4.85. The minimum absolute atomic E-state index is 0.0631. The number of carboxylic acids is 1. The van der Waals surface area contributed by atoms with Gasteiger partial charge in [-0.15, -0.1) is 0 Å². The Balaban J connectivity index is 1.40. The fraction of sp³-hybridized carbons (Fsp3) is 0.400. The van der Waals surface area contributed by atoms with Crippen LogP contribution >= 0.6 is 0 Å². The van der Waals surface area contributed by atoms with Crippen molar-refractivity contribution in [1.82, 2.24) is 10.6 Å². The summed E-state index contributed by atoms with van der Waals surface area (Å²) in [5, 5.41) is 23.4. The molecular weight excluding hydrogens is 424 g/mol. The standard InChI is InChI=1S/C25H28N2O6/c28-14-21(23(30)31)26-22(29)13-25(11-5-6-12-25)27-24(32)33-15-20-18-9-3-1-7-16(18)17-8-2-4-10-19(17)20/h1-4,7-10,20-21,28H,5-6,11-15H2,(H,26,29)(H,27,32)(H,30,31). The number of hydrogen-bond acceptors (Lipinski definition) is 5. The van der Waals surface area contributed by atoms with Crippen LogP contribution in [0.5, 0.6) is 0 Å². The highest BCUT2D eigenvalue weighted by Crippen LogP contribution is 2.44. The van der Waals surface area contributed by atoms with Crippen LogP contribution in [0.1, 0.15) is 49.1 Å². The lowest BCUT2D eigenvalue weighted by Gasteiger charge is -2.30. The average molecular weight is 453 g/mol. The van der Waals surface area contributed by atoms with Crippen LogP contribution in [0.3, 0.4) is 0 Å². The number of hydrogen-bond donors (Lipinski definition) is 4. The third-order valence-electron chi connectivity index (χ3n) is 6.59. The smallest absolute Gasteiger partial charge is 0.407 e. The lowest BCUT2D eigenvalue weighted by Crippen LogP contribution is -2.52. The van der Waals surface area contributed by atoms with E-state index in [0.717, 1.165) is 35.1 Å². The Morgan fingerprint density at radius 1 is 1.00 bits per heavy atom. The SMILES string of the molecule is O=C(CC1(NC(=O)OCC2c3ccccc3-c3ccccc32)CCCC1)NC(CO)C(=O)O. The highest BCUT2D eigenvalue weighted by atomic mass is 16.5. The first-order valence-corrected chi connectivity index (χ1v) is 11.2. The molecule has 2 aromatic carbocycles. The molecule has 0 saturated heterocycles. The molecule has 0 spiro atoms. The van der Waals surface area contributed by atoms with Gasteiger partial charge in [-0.25, -0.2) is 9.59 Å². The van der Waals surface area contributed by atoms with Gasteiger partial charge in [-0.05, 0) is 35.1 Å². The first-order chi connectivity index (χ1) is 15.9. The second-order valence-electron chi connectivity index (χ2n) is 8.76. The Bertz CT molecular complexity index is 1000. The summed E-state index contributed by atoms with van der Waals surface area (Å²) in [6, 6.07) is 14.8. The number of aliphatic hydroxyl groups excluding tert-OH is 1. The number of nitrogens with one attached hydrogen (secondary N) is 2. The van der Waals surface area contributed by atoms with Crippen LogP contribution in [0.25, 0.3) is 11.1 Å². The summed E-state index contributed by atoms with van der Waals surface area (Å²) >= 11 is 0. The molecule has 2 aromatic rings. The van der Waals surface area contributed by atoms with E-state index in [1.165, 1.54) is 0 Å². The Hall–Kier alpha value is -3.39. The second-order valence-corrected chi connectivity index (χ2v) is 8.76. The quantitative estimate of drug-likeness (QED) is 0.488. The van der Waals surface area contributed by atoms with Gasteiger partial charge < -0.3 is 25.6 Å². The van der Waals surface area contributed by atoms with Gasteiger partial charge in [0.05, 0.1) is 12.1 Å². The topological polar surface area (TPSA) is 125 Å². The molecule has 4 N–H and O–H groups in total. The summed E-state index contributed by atoms with van der Waals surface area (Å²) in [6.45, 7) is -0.526. The predicted octanol–water partition coefficient (Wildman–Crippen LogP) is 2.79. The van der Waals surface area contributed by atoms with Gasteiger partial charge in [0.2, 0.25) is 5.91 Å². The van der Waals surface area contributed by atoms with Gasteiger partial charge in [-0.1, -0.05) is 61.4 Å². The highest BCUT2D eigenvalue weighted by molar-refractivity contribution is 5.85. The Kier molecular flexibility index (Phi) is 6.65. The molecule has 0 aromatic heterocycles. The summed E-state index contributed by atoms with van der Waals surface area (Å²) in [4.78, 5) is 36.3. The Morgan fingerprint density at radius 2 is 1.58 bits per heavy atom. The van der Waals surface area contributed by atoms with Crippen molar-refractivity contribution in [3.63, 3.8) is 0 Å². The lowest BCUT2D eigenvalue weighted by atomic mass is 9.92. The first kappa shape index (κ1) is 22.8. The van der Waals surface area contributed by atoms with Crippen molar-refractivity contribution >= 4 is 18.0 Å². The zero-order valence-corrected chi connectivity index (χ0v) is 18.3. The maximum atomic E-state index is 12.8. The molecule has 2 aliphatic carbocycles. The number of carbonyl (C=O) groups is 3. The van der Waals surface area contributed by atoms with Gasteiger partial charge in [0.25, 0.3) is 0 Å². The van der Waals surface area contributed by atoms with Crippen molar-refractivity contribution in [3.05, 3.63) is 59.7 Å². The van der Waals surface area contributed by atoms with E-state index in [4.69, 9.17) is 14.9 Å². The number of amides is 2. The van der Waals surface area contributed by atoms with E-state index >= 15 is 0 Å². The summed E-state index contributed by atoms with van der Waals surface area (Å²) in [7, 11) is 0. The largest absolute Gasteiger partial charge is 0.480 e. The first-order valence-electron chi connectivity index (χ1n) is 11.2. The Morgan fingerprint density at radius 3 is 2.12 bits per heavy atom. The number of fused-ring (bicyclic) bond motifs is 3. The molecule has 1 saturated carbocycles. The van der Waals surface area contributed by atoms with Crippen LogP contribution < -0.4 is 10.6 Å². The van der Waals surface area contributed by atoms with E-state index in [0.29, 0.717) is 12.8 Å². The molecule has 4 rings (SSSR count). The number of rotatable bonds is 8. The molecule has 33 heavy (non-hydrogen) atoms. The molecule has 0 aliphatic heterocycles. The van der Waals surface area contributed by atoms with Gasteiger partial charge in [-0.2, -0.15) is 0 Å². The molecule has 2 amide bonds. The zero-order valence-electron chi connectivity index (χ0n) is 18.3. The van der Waals surface area contributed by atoms with Crippen molar-refractivity contribution in [1.29, 1.82) is 0 Å². The van der Waals surface area contributed by atoms with Crippen LogP contribution in [0, 0.1) is 0 Å². The van der Waals surface area contributed by atoms with E-state index < -0.39 is 36.2 Å². The molecule has 0 bridgehead atoms. The summed E-state index contributed by atoms with van der Waals surface area (Å²) < 4.78 is 5.63. The van der Waals surface area contributed by atoms with E-state index in [1.807, 2.05) is 36.4 Å². The fourth-order valence-corrected chi connectivity index (χ4v) is 4.99. The van der Waals surface area contributed by atoms with Crippen LogP contribution in [-0.2, 0) is 14.3 Å². The van der Waals surface area contributed by atoms with Crippen LogP contribution in [0.15, 0.2) is 48.5 Å². The maximum absolute atomic E-state index is 12.8. The number of ether oxygens (including phenoxy) is 1. The van der Waals surface area contributed by atoms with Crippen molar-refractivity contribution < 1.29 is 29.3 Å². The van der Waals surface area contributed by atoms with E-state index in [9.17, 15) is 14.4 Å². The molecule has 8 nitrogen and oxygen atoms in total. The van der Waals surface area contributed by atoms with Gasteiger partial charge in [0.1, 0.15) is 12.6 Å². The monoisotopic (exact) mass is 452 g/mol. The van der Waals surface area contributed by atoms with E-state index in [2.05, 4.69) is 22.8 Å². The number of carbonyl (C=O) groups excluding carboxylic acids is 2. The summed E-state index contributed by atoms with van der Waals surface area (Å²) in [6.07, 6.45) is 2.23. The zero-order chi connectivity index (χ0) is 23.4. The number of carboxylic acid groups (broad SMARTS) is 1. The molecule has 2 aliphatic rings. The average Bonchev–Trinajstić information content (AvgIpc) is 3.38. The van der Waals surface area contributed by atoms with Crippen LogP contribution in [0.2, 0.25) is 0 Å². The maximum Gasteiger partial charge on any atom is 0.407 e. The van der Waals surface area contributed by atoms with Crippen LogP contribution in [0.4, 0.5) is 4.79 Å². The van der Waals surface area contributed by atoms with Gasteiger partial charge >= 0.3 is 12.1 Å². The molecule has 1 fully saturated rings. The molecule has 0 heterocycles. The third-order valence-corrected chi connectivity index (χ3v) is 6.59. The number of alkyl carbamates (subject to hydrolysis) is 1. The number of aliphatic hydroxyl groups is 1. The fourth-order valence-electron chi connectivity index (χ4n) is 4.99. The minimum Gasteiger partial charge on any atom is -0.480 e. The van der Waals surface area contributed by atoms with Gasteiger partial charge in [0, 0.05) is 12.3 Å². The molecular formula is C25H28N2O6. The van der Waals surface area contributed by atoms with Crippen LogP contribution in [-0.4, -0.2) is 53.0 Å². The van der Waals surface area contributed by atoms with Crippen molar-refractivity contribution in [2.45, 2.75) is 49.6 Å². The van der Waals surface area contributed by atoms with Gasteiger partial charge in [0.15, 0.2) is 0 Å². The number of benzene rings is 2. The number of aliphatic carboxylic acids is 1. The normalized spacial score (nSPS) is 17.0. The highest BCUT2D eigenvalue weighted by Gasteiger charge is 2.39. The summed E-state index contributed by atoms with van der Waals surface area (Å²) in [5.41, 5.74) is 3.73. The molecule has 8 heteroatoms. The predicted molar refractivity (Wildman–Crippen MR) is 121 cm³/mol. The minimum atomic E-state index is -1.37. The second kappa shape index (κ2) is 9.62. The van der Waals surface area contributed by atoms with Crippen molar-refractivity contribution in [2.75, 3.05) is 13.2 Å². The lowest BCUT2D eigenvalue weighted by molar-refractivity contribution is -0.143. The molecule has 174 valence electrons. The molecule has 1 unspecified atom stereocenters. The van der Waals surface area contributed by atoms with Gasteiger partial charge in [-0.3, -0.25) is 4.79 Å². The Labute approximate surface area is 192 Å². The van der Waals surface area contributed by atoms with E-state index in [1.54, 1.807) is 0 Å². The molecule has 1 atom stereocenters. The van der Waals surface area contributed by atoms with E-state index in [-0.39, 0.29) is 18.9 Å². The van der Waals surface area contributed by atoms with Crippen molar-refractivity contribution in [3.8, 4) is 11.1 Å². The molecule has 0 radical (unpaired) electrons. The van der Waals surface area contributed by atoms with Crippen molar-refractivity contribution in [2.24, 2.45) is 0 Å². The summed E-state index contributed by atoms with van der Waals surface area (Å²) in [5.74, 6) is -1.90.